The van der Waals surface area contributed by atoms with E-state index in [1.54, 1.807) is 4.68 Å². The summed E-state index contributed by atoms with van der Waals surface area (Å²) in [7, 11) is 0. The number of thioether (sulfide) groups is 1. The minimum absolute atomic E-state index is 0.0268. The van der Waals surface area contributed by atoms with E-state index in [0.717, 1.165) is 30.1 Å². The van der Waals surface area contributed by atoms with E-state index < -0.39 is 0 Å². The Morgan fingerprint density at radius 3 is 2.74 bits per heavy atom. The number of nitrogens with one attached hydrogen (secondary N) is 1. The molecule has 0 spiro atoms. The highest BCUT2D eigenvalue weighted by Gasteiger charge is 2.17. The Morgan fingerprint density at radius 1 is 1.26 bits per heavy atom. The Hall–Kier alpha value is -2.02. The zero-order chi connectivity index (χ0) is 19.1. The van der Waals surface area contributed by atoms with Crippen LogP contribution in [0.2, 0.25) is 0 Å². The summed E-state index contributed by atoms with van der Waals surface area (Å²) >= 11 is 1.33. The lowest BCUT2D eigenvalue weighted by atomic mass is 9.86. The number of hydrogen-bond acceptors (Lipinski definition) is 5. The molecule has 1 fully saturated rings. The summed E-state index contributed by atoms with van der Waals surface area (Å²) in [4.78, 5) is 12.2. The van der Waals surface area contributed by atoms with Crippen molar-refractivity contribution in [2.45, 2.75) is 63.1 Å². The van der Waals surface area contributed by atoms with E-state index in [1.807, 2.05) is 37.3 Å². The first-order chi connectivity index (χ1) is 13.1. The molecule has 1 saturated carbocycles. The number of aromatic nitrogens is 3. The van der Waals surface area contributed by atoms with Gasteiger partial charge in [-0.05, 0) is 24.8 Å². The quantitative estimate of drug-likeness (QED) is 0.535. The van der Waals surface area contributed by atoms with E-state index in [2.05, 4.69) is 15.5 Å². The highest BCUT2D eigenvalue weighted by atomic mass is 32.2. The molecule has 2 aromatic rings. The van der Waals surface area contributed by atoms with Gasteiger partial charge in [-0.15, -0.1) is 10.2 Å². The third-order valence-electron chi connectivity index (χ3n) is 5.25. The van der Waals surface area contributed by atoms with Gasteiger partial charge in [-0.3, -0.25) is 4.79 Å². The van der Waals surface area contributed by atoms with E-state index in [0.29, 0.717) is 5.16 Å². The molecule has 7 heteroatoms. The first kappa shape index (κ1) is 19.7. The minimum atomic E-state index is -0.0388. The Bertz CT molecular complexity index is 727. The van der Waals surface area contributed by atoms with Crippen LogP contribution in [0.1, 0.15) is 62.9 Å². The number of amides is 1. The number of nitrogens with zero attached hydrogens (tertiary/aromatic N) is 3. The lowest BCUT2D eigenvalue weighted by molar-refractivity contribution is -0.119. The molecule has 6 nitrogen and oxygen atoms in total. The number of hydrogen-bond donors (Lipinski definition) is 2. The van der Waals surface area contributed by atoms with Crippen molar-refractivity contribution in [1.82, 2.24) is 20.2 Å². The van der Waals surface area contributed by atoms with Crippen molar-refractivity contribution in [1.29, 1.82) is 0 Å². The fourth-order valence-corrected chi connectivity index (χ4v) is 4.31. The maximum absolute atomic E-state index is 12.2. The van der Waals surface area contributed by atoms with Crippen LogP contribution in [0.25, 0.3) is 0 Å². The van der Waals surface area contributed by atoms with Crippen molar-refractivity contribution in [2.75, 3.05) is 11.6 Å². The molecule has 0 saturated heterocycles. The monoisotopic (exact) mass is 387 g/mol. The number of aryl methyl sites for hydroxylation is 1. The topological polar surface area (TPSA) is 85.8 Å². The van der Waals surface area contributed by atoms with Gasteiger partial charge in [0.15, 0.2) is 5.82 Å². The van der Waals surface area contributed by atoms with E-state index in [9.17, 15) is 4.79 Å². The van der Waals surface area contributed by atoms with E-state index in [4.69, 9.17) is 5.84 Å². The largest absolute Gasteiger partial charge is 0.349 e. The van der Waals surface area contributed by atoms with Crippen molar-refractivity contribution in [2.24, 2.45) is 5.92 Å². The first-order valence-corrected chi connectivity index (χ1v) is 10.8. The smallest absolute Gasteiger partial charge is 0.230 e. The Balaban J connectivity index is 1.45. The van der Waals surface area contributed by atoms with Crippen LogP contribution in [-0.4, -0.2) is 26.5 Å². The maximum Gasteiger partial charge on any atom is 0.230 e. The predicted octanol–water partition coefficient (Wildman–Crippen LogP) is 3.47. The van der Waals surface area contributed by atoms with Crippen LogP contribution >= 0.6 is 11.8 Å². The zero-order valence-corrected chi connectivity index (χ0v) is 16.8. The molecule has 0 radical (unpaired) electrons. The number of carbonyl (C=O) groups is 1. The minimum Gasteiger partial charge on any atom is -0.349 e. The second-order valence-corrected chi connectivity index (χ2v) is 8.24. The summed E-state index contributed by atoms with van der Waals surface area (Å²) in [5.74, 6) is 7.97. The van der Waals surface area contributed by atoms with Crippen molar-refractivity contribution in [3.05, 3.63) is 41.7 Å². The summed E-state index contributed by atoms with van der Waals surface area (Å²) < 4.78 is 1.54. The third-order valence-corrected chi connectivity index (χ3v) is 6.19. The molecule has 0 bridgehead atoms. The van der Waals surface area contributed by atoms with Gasteiger partial charge >= 0.3 is 0 Å². The number of carbonyl (C=O) groups excluding carboxylic acids is 1. The number of benzene rings is 1. The van der Waals surface area contributed by atoms with Gasteiger partial charge in [-0.1, -0.05) is 74.2 Å². The van der Waals surface area contributed by atoms with Crippen molar-refractivity contribution in [3.8, 4) is 0 Å². The molecule has 27 heavy (non-hydrogen) atoms. The van der Waals surface area contributed by atoms with Crippen LogP contribution < -0.4 is 11.2 Å². The van der Waals surface area contributed by atoms with Gasteiger partial charge in [0.2, 0.25) is 11.1 Å². The van der Waals surface area contributed by atoms with Crippen molar-refractivity contribution in [3.63, 3.8) is 0 Å². The van der Waals surface area contributed by atoms with Gasteiger partial charge in [-0.25, -0.2) is 4.68 Å². The molecule has 1 heterocycles. The van der Waals surface area contributed by atoms with Crippen LogP contribution in [0.15, 0.2) is 35.5 Å². The van der Waals surface area contributed by atoms with Crippen LogP contribution in [0, 0.1) is 5.92 Å². The molecule has 1 aromatic carbocycles. The van der Waals surface area contributed by atoms with Gasteiger partial charge < -0.3 is 11.2 Å². The van der Waals surface area contributed by atoms with Gasteiger partial charge in [0.25, 0.3) is 0 Å². The van der Waals surface area contributed by atoms with E-state index in [1.165, 1.54) is 43.9 Å². The van der Waals surface area contributed by atoms with Crippen molar-refractivity contribution < 1.29 is 4.79 Å². The Labute approximate surface area is 165 Å². The molecular formula is C20H29N5OS. The lowest BCUT2D eigenvalue weighted by Crippen LogP contribution is -2.28. The van der Waals surface area contributed by atoms with E-state index >= 15 is 0 Å². The second-order valence-electron chi connectivity index (χ2n) is 7.30. The highest BCUT2D eigenvalue weighted by Crippen LogP contribution is 2.27. The Kier molecular flexibility index (Phi) is 7.15. The Morgan fingerprint density at radius 2 is 2.00 bits per heavy atom. The van der Waals surface area contributed by atoms with Gasteiger partial charge in [0, 0.05) is 6.42 Å². The normalized spacial score (nSPS) is 16.2. The average Bonchev–Trinajstić information content (AvgIpc) is 3.06. The molecule has 1 amide bonds. The van der Waals surface area contributed by atoms with Crippen molar-refractivity contribution >= 4 is 17.7 Å². The van der Waals surface area contributed by atoms with Crippen LogP contribution in [-0.2, 0) is 11.2 Å². The molecule has 1 atom stereocenters. The molecule has 0 aliphatic heterocycles. The molecule has 1 aliphatic rings. The summed E-state index contributed by atoms with van der Waals surface area (Å²) in [5, 5.41) is 12.0. The van der Waals surface area contributed by atoms with Crippen LogP contribution in [0.3, 0.4) is 0 Å². The van der Waals surface area contributed by atoms with Gasteiger partial charge in [0.05, 0.1) is 11.8 Å². The van der Waals surface area contributed by atoms with Crippen LogP contribution in [0.4, 0.5) is 0 Å². The predicted molar refractivity (Wildman–Crippen MR) is 109 cm³/mol. The summed E-state index contributed by atoms with van der Waals surface area (Å²) in [6.07, 6.45) is 8.67. The number of nitrogens with two attached hydrogens (primary N) is 1. The summed E-state index contributed by atoms with van der Waals surface area (Å²) in [5.41, 5.74) is 1.09. The molecule has 0 unspecified atom stereocenters. The lowest BCUT2D eigenvalue weighted by Gasteiger charge is -2.20. The summed E-state index contributed by atoms with van der Waals surface area (Å²) in [6.45, 7) is 1.98. The fraction of sp³-hybridized carbons (Fsp3) is 0.550. The van der Waals surface area contributed by atoms with E-state index in [-0.39, 0.29) is 17.7 Å². The molecule has 3 rings (SSSR count). The number of nitrogen functional groups attached to an aromatic ring is 1. The summed E-state index contributed by atoms with van der Waals surface area (Å²) in [6, 6.07) is 9.90. The molecule has 3 N–H and O–H groups in total. The van der Waals surface area contributed by atoms with Gasteiger partial charge in [-0.2, -0.15) is 0 Å². The van der Waals surface area contributed by atoms with Crippen LogP contribution in [0.5, 0.6) is 0 Å². The molecule has 146 valence electrons. The average molecular weight is 388 g/mol. The maximum atomic E-state index is 12.2. The second kappa shape index (κ2) is 9.78. The molecule has 1 aromatic heterocycles. The first-order valence-electron chi connectivity index (χ1n) is 9.80. The number of rotatable bonds is 8. The molecule has 1 aliphatic carbocycles. The van der Waals surface area contributed by atoms with Gasteiger partial charge in [0.1, 0.15) is 0 Å². The molecular weight excluding hydrogens is 358 g/mol. The zero-order valence-electron chi connectivity index (χ0n) is 15.9. The SMILES string of the molecule is C[C@H](NC(=O)CSc1nnc(CCC2CCCCC2)n1N)c1ccccc1. The third kappa shape index (κ3) is 5.73. The fourth-order valence-electron chi connectivity index (χ4n) is 3.62. The highest BCUT2D eigenvalue weighted by molar-refractivity contribution is 7.99. The standard InChI is InChI=1S/C20H29N5OS/c1-15(17-10-6-3-7-11-17)22-19(26)14-27-20-24-23-18(25(20)21)13-12-16-8-4-2-5-9-16/h3,6-7,10-11,15-16H,2,4-5,8-9,12-14,21H2,1H3,(H,22,26)/t15-/m0/s1.